The zero-order chi connectivity index (χ0) is 38.8. The van der Waals surface area contributed by atoms with E-state index in [1.165, 1.54) is 0 Å². The van der Waals surface area contributed by atoms with Gasteiger partial charge in [0, 0.05) is 0 Å². The summed E-state index contributed by atoms with van der Waals surface area (Å²) in [5.74, 6) is -2.53. The first-order valence-electron chi connectivity index (χ1n) is 19.1. The van der Waals surface area contributed by atoms with Crippen molar-refractivity contribution in [2.24, 2.45) is 0 Å². The number of ether oxygens (including phenoxy) is 14. The highest BCUT2D eigenvalue weighted by Gasteiger charge is 2.36. The molecule has 4 heterocycles. The van der Waals surface area contributed by atoms with Gasteiger partial charge >= 0.3 is 0 Å². The van der Waals surface area contributed by atoms with Crippen molar-refractivity contribution in [3.8, 4) is 0 Å². The monoisotopic (exact) mass is 756 g/mol. The lowest BCUT2D eigenvalue weighted by molar-refractivity contribution is -0.157. The minimum atomic E-state index is -0.922. The van der Waals surface area contributed by atoms with Crippen molar-refractivity contribution < 1.29 is 71.4 Å². The van der Waals surface area contributed by atoms with Crippen molar-refractivity contribution in [2.45, 2.75) is 149 Å². The van der Waals surface area contributed by atoms with Crippen molar-refractivity contribution in [3.63, 3.8) is 0 Å². The fourth-order valence-electron chi connectivity index (χ4n) is 5.54. The quantitative estimate of drug-likeness (QED) is 0.170. The molecule has 1 N–H and O–H groups in total. The zero-order valence-corrected chi connectivity index (χ0v) is 34.1. The van der Waals surface area contributed by atoms with Crippen LogP contribution in [0.15, 0.2) is 0 Å². The molecule has 310 valence electrons. The number of aliphatic hydroxyl groups excluding tert-OH is 1. The molecule has 4 atom stereocenters. The largest absolute Gasteiger partial charge is 0.388 e. The van der Waals surface area contributed by atoms with E-state index < -0.39 is 41.5 Å². The van der Waals surface area contributed by atoms with Gasteiger partial charge in [0.15, 0.2) is 23.1 Å². The minimum Gasteiger partial charge on any atom is -0.388 e. The summed E-state index contributed by atoms with van der Waals surface area (Å²) in [4.78, 5) is 0. The lowest BCUT2D eigenvalue weighted by Gasteiger charge is -2.24. The summed E-state index contributed by atoms with van der Waals surface area (Å²) >= 11 is 0. The minimum absolute atomic E-state index is 0.00261. The first kappa shape index (κ1) is 47.6. The summed E-state index contributed by atoms with van der Waals surface area (Å²) in [6, 6.07) is 0. The highest BCUT2D eigenvalue weighted by atomic mass is 16.8. The van der Waals surface area contributed by atoms with Crippen LogP contribution in [0.1, 0.15) is 83.1 Å². The summed E-state index contributed by atoms with van der Waals surface area (Å²) in [6.45, 7) is 27.1. The van der Waals surface area contributed by atoms with E-state index in [-0.39, 0.29) is 64.1 Å². The van der Waals surface area contributed by atoms with Crippen LogP contribution >= 0.6 is 0 Å². The molecule has 4 saturated heterocycles. The van der Waals surface area contributed by atoms with E-state index in [4.69, 9.17) is 66.3 Å². The molecule has 4 unspecified atom stereocenters. The predicted molar refractivity (Wildman–Crippen MR) is 191 cm³/mol. The predicted octanol–water partition coefficient (Wildman–Crippen LogP) is 3.84. The molecule has 15 nitrogen and oxygen atoms in total. The molecule has 4 fully saturated rings. The molecule has 0 aromatic heterocycles. The van der Waals surface area contributed by atoms with Crippen molar-refractivity contribution in [2.75, 3.05) is 92.5 Å². The van der Waals surface area contributed by atoms with E-state index in [9.17, 15) is 5.11 Å². The molecule has 0 aromatic rings. The third-order valence-corrected chi connectivity index (χ3v) is 7.75. The summed E-state index contributed by atoms with van der Waals surface area (Å²) in [6.07, 6.45) is -2.53. The van der Waals surface area contributed by atoms with Crippen LogP contribution in [0.2, 0.25) is 0 Å². The van der Waals surface area contributed by atoms with Crippen molar-refractivity contribution >= 4 is 0 Å². The highest BCUT2D eigenvalue weighted by Crippen LogP contribution is 2.25. The van der Waals surface area contributed by atoms with E-state index in [2.05, 4.69) is 0 Å². The van der Waals surface area contributed by atoms with Crippen LogP contribution in [0.3, 0.4) is 0 Å². The third kappa shape index (κ3) is 19.3. The van der Waals surface area contributed by atoms with Gasteiger partial charge in [-0.3, -0.25) is 0 Å². The SMILES string of the molecule is CC.CC.CC1(C)OCC(COCC(COCC2COC(C)(C)O2)OCC(O)COC(COCC2COC(C)(C)O2)COCC2COC(C)(C)O2)O1. The maximum Gasteiger partial charge on any atom is 0.163 e. The first-order valence-corrected chi connectivity index (χ1v) is 19.1. The molecule has 4 aliphatic rings. The average Bonchev–Trinajstić information content (AvgIpc) is 3.83. The Kier molecular flexibility index (Phi) is 21.5. The Morgan fingerprint density at radius 2 is 0.673 bits per heavy atom. The topological polar surface area (TPSA) is 149 Å². The van der Waals surface area contributed by atoms with Crippen LogP contribution in [0.25, 0.3) is 0 Å². The summed E-state index contributed by atoms with van der Waals surface area (Å²) in [5, 5.41) is 10.8. The Balaban J connectivity index is 0.00000226. The van der Waals surface area contributed by atoms with Gasteiger partial charge in [0.05, 0.1) is 92.5 Å². The molecule has 4 aliphatic heterocycles. The van der Waals surface area contributed by atoms with Gasteiger partial charge in [-0.15, -0.1) is 0 Å². The molecule has 0 aromatic carbocycles. The van der Waals surface area contributed by atoms with Crippen molar-refractivity contribution in [1.29, 1.82) is 0 Å². The molecule has 4 rings (SSSR count). The van der Waals surface area contributed by atoms with Gasteiger partial charge < -0.3 is 71.4 Å². The van der Waals surface area contributed by atoms with Gasteiger partial charge in [-0.25, -0.2) is 0 Å². The van der Waals surface area contributed by atoms with Crippen molar-refractivity contribution in [1.82, 2.24) is 0 Å². The molecule has 15 heteroatoms. The lowest BCUT2D eigenvalue weighted by Crippen LogP contribution is -2.36. The number of aliphatic hydroxyl groups is 1. The van der Waals surface area contributed by atoms with Crippen LogP contribution in [-0.2, 0) is 66.3 Å². The second kappa shape index (κ2) is 23.5. The Morgan fingerprint density at radius 3 is 0.865 bits per heavy atom. The maximum absolute atomic E-state index is 10.8. The molecule has 0 aliphatic carbocycles. The Hall–Kier alpha value is -0.600. The van der Waals surface area contributed by atoms with Gasteiger partial charge in [-0.05, 0) is 55.4 Å². The number of hydrogen-bond acceptors (Lipinski definition) is 15. The maximum atomic E-state index is 10.8. The first-order chi connectivity index (χ1) is 24.6. The molecule has 0 spiro atoms. The molecular formula is C37H72O15. The van der Waals surface area contributed by atoms with E-state index in [1.807, 2.05) is 83.1 Å². The van der Waals surface area contributed by atoms with Crippen LogP contribution in [0, 0.1) is 0 Å². The zero-order valence-electron chi connectivity index (χ0n) is 34.1. The van der Waals surface area contributed by atoms with Gasteiger partial charge in [0.2, 0.25) is 0 Å². The molecule has 0 radical (unpaired) electrons. The van der Waals surface area contributed by atoms with Gasteiger partial charge in [0.1, 0.15) is 42.7 Å². The second-order valence-corrected chi connectivity index (χ2v) is 14.5. The number of rotatable bonds is 22. The fraction of sp³-hybridized carbons (Fsp3) is 1.00. The van der Waals surface area contributed by atoms with Crippen LogP contribution in [-0.4, -0.2) is 163 Å². The highest BCUT2D eigenvalue weighted by molar-refractivity contribution is 4.74. The summed E-state index contributed by atoms with van der Waals surface area (Å²) in [7, 11) is 0. The van der Waals surface area contributed by atoms with Crippen LogP contribution < -0.4 is 0 Å². The van der Waals surface area contributed by atoms with Gasteiger partial charge in [-0.1, -0.05) is 27.7 Å². The molecule has 0 amide bonds. The standard InChI is InChI=1S/C33H60O15.2C2H6/c1-30(2)41-19-26(45-30)15-35-11-24(12-36-16-27-20-42-31(3,4)46-27)39-9-23(34)10-40-25(13-37-17-28-21-43-32(5,6)47-28)14-38-18-29-22-44-33(7,8)48-29;2*1-2/h23-29,34H,9-22H2,1-8H3;2*1-2H3. The Morgan fingerprint density at radius 1 is 0.442 bits per heavy atom. The van der Waals surface area contributed by atoms with E-state index in [1.54, 1.807) is 0 Å². The second-order valence-electron chi connectivity index (χ2n) is 14.5. The smallest absolute Gasteiger partial charge is 0.163 e. The molecule has 0 saturated carbocycles. The van der Waals surface area contributed by atoms with Gasteiger partial charge in [0.25, 0.3) is 0 Å². The number of hydrogen-bond donors (Lipinski definition) is 1. The van der Waals surface area contributed by atoms with E-state index in [0.717, 1.165) is 0 Å². The fourth-order valence-corrected chi connectivity index (χ4v) is 5.54. The van der Waals surface area contributed by atoms with Crippen LogP contribution in [0.4, 0.5) is 0 Å². The molecular weight excluding hydrogens is 684 g/mol. The van der Waals surface area contributed by atoms with E-state index in [0.29, 0.717) is 52.9 Å². The van der Waals surface area contributed by atoms with E-state index >= 15 is 0 Å². The normalized spacial score (nSPS) is 28.8. The van der Waals surface area contributed by atoms with Crippen LogP contribution in [0.5, 0.6) is 0 Å². The molecule has 52 heavy (non-hydrogen) atoms. The van der Waals surface area contributed by atoms with Crippen molar-refractivity contribution in [3.05, 3.63) is 0 Å². The Bertz CT molecular complexity index is 797. The van der Waals surface area contributed by atoms with Gasteiger partial charge in [-0.2, -0.15) is 0 Å². The third-order valence-electron chi connectivity index (χ3n) is 7.75. The Labute approximate surface area is 312 Å². The summed E-state index contributed by atoms with van der Waals surface area (Å²) < 4.78 is 81.5. The average molecular weight is 757 g/mol. The molecule has 0 bridgehead atoms. The lowest BCUT2D eigenvalue weighted by atomic mass is 10.3. The summed E-state index contributed by atoms with van der Waals surface area (Å²) in [5.41, 5.74) is 0.